The normalized spacial score (nSPS) is 13.7. The van der Waals surface area contributed by atoms with E-state index < -0.39 is 0 Å². The van der Waals surface area contributed by atoms with Crippen molar-refractivity contribution < 1.29 is 14.0 Å². The van der Waals surface area contributed by atoms with Gasteiger partial charge in [-0.05, 0) is 66.2 Å². The third-order valence-electron chi connectivity index (χ3n) is 6.58. The van der Waals surface area contributed by atoms with Gasteiger partial charge in [0.25, 0.3) is 0 Å². The Labute approximate surface area is 253 Å². The van der Waals surface area contributed by atoms with Crippen LogP contribution in [0.15, 0.2) is 95.4 Å². The Kier molecular flexibility index (Phi) is 9.14. The van der Waals surface area contributed by atoms with Gasteiger partial charge in [-0.3, -0.25) is 9.59 Å². The summed E-state index contributed by atoms with van der Waals surface area (Å²) in [7, 11) is 0. The highest BCUT2D eigenvalue weighted by atomic mass is 35.5. The molecule has 0 unspecified atom stereocenters. The Morgan fingerprint density at radius 3 is 2.32 bits per heavy atom. The molecule has 2 heterocycles. The van der Waals surface area contributed by atoms with E-state index in [0.717, 1.165) is 11.3 Å². The summed E-state index contributed by atoms with van der Waals surface area (Å²) in [4.78, 5) is 29.1. The summed E-state index contributed by atoms with van der Waals surface area (Å²) < 4.78 is 5.80. The summed E-state index contributed by atoms with van der Waals surface area (Å²) in [5.41, 5.74) is 3.09. The van der Waals surface area contributed by atoms with Gasteiger partial charge in [0.2, 0.25) is 11.8 Å². The second-order valence-electron chi connectivity index (χ2n) is 9.37. The van der Waals surface area contributed by atoms with Gasteiger partial charge >= 0.3 is 0 Å². The van der Waals surface area contributed by atoms with Gasteiger partial charge in [0.1, 0.15) is 11.5 Å². The molecular weight excluding hydrogens is 581 g/mol. The van der Waals surface area contributed by atoms with Crippen LogP contribution in [-0.4, -0.2) is 42.9 Å². The Morgan fingerprint density at radius 1 is 0.780 bits per heavy atom. The number of hydrogen-bond acceptors (Lipinski definition) is 4. The first-order chi connectivity index (χ1) is 19.9. The standard InChI is InChI=1S/C32H26Cl3N3O3/c33-23-7-11-27(34)26(20-23)30-13-9-25(41-30)10-14-31(39)36-24-8-12-29(28(35)21-24)37-16-18-38(19-17-37)32(40)15-6-22-4-2-1-3-5-22/h1-15,20-21H,16-19H2,(H,36,39). The van der Waals surface area contributed by atoms with Crippen LogP contribution in [0.2, 0.25) is 15.1 Å². The zero-order valence-corrected chi connectivity index (χ0v) is 24.2. The number of anilines is 2. The molecule has 0 atom stereocenters. The zero-order valence-electron chi connectivity index (χ0n) is 21.9. The molecule has 1 fully saturated rings. The summed E-state index contributed by atoms with van der Waals surface area (Å²) >= 11 is 18.9. The average molecular weight is 607 g/mol. The van der Waals surface area contributed by atoms with Crippen LogP contribution < -0.4 is 10.2 Å². The zero-order chi connectivity index (χ0) is 28.8. The molecule has 6 nitrogen and oxygen atoms in total. The first kappa shape index (κ1) is 28.6. The van der Waals surface area contributed by atoms with E-state index >= 15 is 0 Å². The Morgan fingerprint density at radius 2 is 1.56 bits per heavy atom. The lowest BCUT2D eigenvalue weighted by Gasteiger charge is -2.36. The minimum absolute atomic E-state index is 0.00949. The van der Waals surface area contributed by atoms with Gasteiger partial charge in [0, 0.05) is 54.6 Å². The summed E-state index contributed by atoms with van der Waals surface area (Å²) in [5, 5.41) is 4.40. The van der Waals surface area contributed by atoms with Crippen molar-refractivity contribution in [2.24, 2.45) is 0 Å². The van der Waals surface area contributed by atoms with Crippen LogP contribution in [0, 0.1) is 0 Å². The van der Waals surface area contributed by atoms with Crippen molar-refractivity contribution in [1.82, 2.24) is 4.90 Å². The fraction of sp³-hybridized carbons (Fsp3) is 0.125. The molecule has 2 amide bonds. The van der Waals surface area contributed by atoms with Crippen molar-refractivity contribution >= 4 is 70.1 Å². The van der Waals surface area contributed by atoms with Crippen molar-refractivity contribution in [2.45, 2.75) is 0 Å². The van der Waals surface area contributed by atoms with Crippen LogP contribution in [0.5, 0.6) is 0 Å². The first-order valence-electron chi connectivity index (χ1n) is 13.0. The van der Waals surface area contributed by atoms with Crippen LogP contribution >= 0.6 is 34.8 Å². The average Bonchev–Trinajstić information content (AvgIpc) is 3.46. The topological polar surface area (TPSA) is 65.8 Å². The van der Waals surface area contributed by atoms with Gasteiger partial charge in [-0.1, -0.05) is 65.1 Å². The van der Waals surface area contributed by atoms with Crippen LogP contribution in [-0.2, 0) is 9.59 Å². The highest BCUT2D eigenvalue weighted by Crippen LogP contribution is 2.32. The van der Waals surface area contributed by atoms with Gasteiger partial charge in [-0.15, -0.1) is 0 Å². The van der Waals surface area contributed by atoms with Crippen LogP contribution in [0.3, 0.4) is 0 Å². The number of rotatable bonds is 7. The maximum atomic E-state index is 12.6. The van der Waals surface area contributed by atoms with Gasteiger partial charge < -0.3 is 19.5 Å². The maximum Gasteiger partial charge on any atom is 0.248 e. The molecule has 5 rings (SSSR count). The number of carbonyl (C=O) groups excluding carboxylic acids is 2. The summed E-state index contributed by atoms with van der Waals surface area (Å²) in [6.07, 6.45) is 6.40. The summed E-state index contributed by atoms with van der Waals surface area (Å²) in [6.45, 7) is 2.50. The van der Waals surface area contributed by atoms with Gasteiger partial charge in [0.15, 0.2) is 0 Å². The molecule has 0 bridgehead atoms. The van der Waals surface area contributed by atoms with Gasteiger partial charge in [0.05, 0.1) is 15.7 Å². The molecule has 0 saturated carbocycles. The third-order valence-corrected chi connectivity index (χ3v) is 7.45. The van der Waals surface area contributed by atoms with Gasteiger partial charge in [-0.25, -0.2) is 0 Å². The van der Waals surface area contributed by atoms with Crippen LogP contribution in [0.4, 0.5) is 11.4 Å². The number of halogens is 3. The fourth-order valence-corrected chi connectivity index (χ4v) is 5.14. The first-order valence-corrected chi connectivity index (χ1v) is 14.1. The predicted molar refractivity (Wildman–Crippen MR) is 168 cm³/mol. The second kappa shape index (κ2) is 13.1. The Bertz CT molecular complexity index is 1610. The number of hydrogen-bond donors (Lipinski definition) is 1. The number of nitrogens with zero attached hydrogens (tertiary/aromatic N) is 2. The number of carbonyl (C=O) groups is 2. The molecule has 1 saturated heterocycles. The monoisotopic (exact) mass is 605 g/mol. The lowest BCUT2D eigenvalue weighted by atomic mass is 10.2. The molecule has 41 heavy (non-hydrogen) atoms. The molecule has 1 aromatic heterocycles. The van der Waals surface area contributed by atoms with E-state index in [0.29, 0.717) is 64.0 Å². The molecule has 1 aliphatic rings. The molecule has 1 N–H and O–H groups in total. The summed E-state index contributed by atoms with van der Waals surface area (Å²) in [6, 6.07) is 23.8. The van der Waals surface area contributed by atoms with Gasteiger partial charge in [-0.2, -0.15) is 0 Å². The minimum atomic E-state index is -0.330. The summed E-state index contributed by atoms with van der Waals surface area (Å²) in [5.74, 6) is 0.703. The van der Waals surface area contributed by atoms with Crippen molar-refractivity contribution in [2.75, 3.05) is 36.4 Å². The highest BCUT2D eigenvalue weighted by Gasteiger charge is 2.21. The highest BCUT2D eigenvalue weighted by molar-refractivity contribution is 6.35. The smallest absolute Gasteiger partial charge is 0.248 e. The SMILES string of the molecule is O=C(C=Cc1ccc(-c2cc(Cl)ccc2Cl)o1)Nc1ccc(N2CCN(C(=O)C=Cc3ccccc3)CC2)c(Cl)c1. The fourth-order valence-electron chi connectivity index (χ4n) is 4.46. The molecule has 0 aliphatic carbocycles. The van der Waals surface area contributed by atoms with E-state index in [1.807, 2.05) is 47.4 Å². The number of furan rings is 1. The quantitative estimate of drug-likeness (QED) is 0.217. The van der Waals surface area contributed by atoms with Crippen molar-refractivity contribution in [3.63, 3.8) is 0 Å². The number of benzene rings is 3. The number of amides is 2. The molecule has 4 aromatic rings. The van der Waals surface area contributed by atoms with Crippen molar-refractivity contribution in [3.05, 3.63) is 117 Å². The van der Waals surface area contributed by atoms with E-state index in [-0.39, 0.29) is 11.8 Å². The third kappa shape index (κ3) is 7.41. The van der Waals surface area contributed by atoms with Crippen LogP contribution in [0.1, 0.15) is 11.3 Å². The number of nitrogens with one attached hydrogen (secondary N) is 1. The van der Waals surface area contributed by atoms with E-state index in [1.165, 1.54) is 6.08 Å². The van der Waals surface area contributed by atoms with Crippen molar-refractivity contribution in [3.8, 4) is 11.3 Å². The molecule has 0 spiro atoms. The lowest BCUT2D eigenvalue weighted by molar-refractivity contribution is -0.126. The second-order valence-corrected chi connectivity index (χ2v) is 10.6. The molecule has 1 aliphatic heterocycles. The minimum Gasteiger partial charge on any atom is -0.457 e. The number of piperazine rings is 1. The van der Waals surface area contributed by atoms with Crippen molar-refractivity contribution in [1.29, 1.82) is 0 Å². The Hall–Kier alpha value is -3.97. The molecule has 9 heteroatoms. The molecule has 0 radical (unpaired) electrons. The largest absolute Gasteiger partial charge is 0.457 e. The van der Waals surface area contributed by atoms with E-state index in [9.17, 15) is 9.59 Å². The lowest BCUT2D eigenvalue weighted by Crippen LogP contribution is -2.48. The molecule has 208 valence electrons. The Balaban J connectivity index is 1.14. The predicted octanol–water partition coefficient (Wildman–Crippen LogP) is 7.92. The van der Waals surface area contributed by atoms with E-state index in [4.69, 9.17) is 39.2 Å². The molecule has 3 aromatic carbocycles. The maximum absolute atomic E-state index is 12.6. The molecular formula is C32H26Cl3N3O3. The van der Waals surface area contributed by atoms with Crippen LogP contribution in [0.25, 0.3) is 23.5 Å². The van der Waals surface area contributed by atoms with E-state index in [2.05, 4.69) is 10.2 Å². The van der Waals surface area contributed by atoms with E-state index in [1.54, 1.807) is 54.6 Å².